The topological polar surface area (TPSA) is 72.5 Å². The van der Waals surface area contributed by atoms with E-state index < -0.39 is 5.97 Å². The lowest BCUT2D eigenvalue weighted by Gasteiger charge is -2.08. The van der Waals surface area contributed by atoms with Crippen molar-refractivity contribution in [1.29, 1.82) is 0 Å². The lowest BCUT2D eigenvalue weighted by molar-refractivity contribution is 0.0471. The Balaban J connectivity index is 1.57. The van der Waals surface area contributed by atoms with Gasteiger partial charge in [0.1, 0.15) is 0 Å². The van der Waals surface area contributed by atoms with E-state index >= 15 is 0 Å². The molecule has 3 rings (SSSR count). The number of hydrogen-bond donors (Lipinski definition) is 1. The van der Waals surface area contributed by atoms with Crippen molar-refractivity contribution in [2.75, 3.05) is 18.2 Å². The maximum atomic E-state index is 12.3. The molecule has 1 amide bonds. The number of nitrogens with one attached hydrogen (secondary N) is 1. The van der Waals surface area contributed by atoms with Gasteiger partial charge in [-0.2, -0.15) is 0 Å². The highest BCUT2D eigenvalue weighted by Crippen LogP contribution is 2.20. The minimum atomic E-state index is -0.532. The number of rotatable bonds is 7. The van der Waals surface area contributed by atoms with Gasteiger partial charge in [-0.05, 0) is 54.8 Å². The zero-order valence-corrected chi connectivity index (χ0v) is 16.6. The molecule has 0 aromatic heterocycles. The number of benzene rings is 3. The summed E-state index contributed by atoms with van der Waals surface area (Å²) >= 11 is 1.44. The third-order valence-corrected chi connectivity index (χ3v) is 4.96. The van der Waals surface area contributed by atoms with Gasteiger partial charge in [0.05, 0.1) is 5.56 Å². The molecule has 6 heteroatoms. The Labute approximate surface area is 173 Å². The lowest BCUT2D eigenvalue weighted by atomic mass is 10.1. The number of hydrogen-bond acceptors (Lipinski definition) is 5. The van der Waals surface area contributed by atoms with Crippen molar-refractivity contribution in [1.82, 2.24) is 0 Å². The first-order valence-electron chi connectivity index (χ1n) is 8.88. The molecule has 146 valence electrons. The van der Waals surface area contributed by atoms with Crippen LogP contribution in [0.5, 0.6) is 0 Å². The number of carbonyl (C=O) groups is 3. The van der Waals surface area contributed by atoms with Crippen LogP contribution >= 0.6 is 11.8 Å². The van der Waals surface area contributed by atoms with Gasteiger partial charge in [-0.3, -0.25) is 9.59 Å². The molecular formula is C23H19NO4S. The van der Waals surface area contributed by atoms with Gasteiger partial charge in [-0.25, -0.2) is 4.79 Å². The first-order chi connectivity index (χ1) is 14.1. The summed E-state index contributed by atoms with van der Waals surface area (Å²) in [5.74, 6) is -1.08. The monoisotopic (exact) mass is 405 g/mol. The Kier molecular flexibility index (Phi) is 6.81. The molecule has 0 radical (unpaired) electrons. The molecule has 29 heavy (non-hydrogen) atoms. The van der Waals surface area contributed by atoms with Crippen LogP contribution in [-0.2, 0) is 4.74 Å². The predicted molar refractivity (Wildman–Crippen MR) is 114 cm³/mol. The molecule has 3 aromatic rings. The SMILES string of the molecule is CSc1ccccc1C(=O)OCC(=O)c1ccc(NC(=O)c2ccccc2)cc1. The second kappa shape index (κ2) is 9.71. The Morgan fingerprint density at radius 3 is 2.17 bits per heavy atom. The summed E-state index contributed by atoms with van der Waals surface area (Å²) in [4.78, 5) is 37.5. The van der Waals surface area contributed by atoms with Gasteiger partial charge >= 0.3 is 5.97 Å². The van der Waals surface area contributed by atoms with Crippen LogP contribution in [-0.4, -0.2) is 30.5 Å². The Morgan fingerprint density at radius 1 is 0.828 bits per heavy atom. The number of Topliss-reactive ketones (excluding diaryl/α,β-unsaturated/α-hetero) is 1. The van der Waals surface area contributed by atoms with E-state index in [1.165, 1.54) is 11.8 Å². The third-order valence-electron chi connectivity index (χ3n) is 4.16. The number of esters is 1. The van der Waals surface area contributed by atoms with Crippen LogP contribution in [0.3, 0.4) is 0 Å². The molecule has 0 unspecified atom stereocenters. The van der Waals surface area contributed by atoms with Crippen LogP contribution < -0.4 is 5.32 Å². The summed E-state index contributed by atoms with van der Waals surface area (Å²) in [5, 5.41) is 2.77. The summed E-state index contributed by atoms with van der Waals surface area (Å²) < 4.78 is 5.17. The second-order valence-electron chi connectivity index (χ2n) is 6.10. The van der Waals surface area contributed by atoms with E-state index in [0.717, 1.165) is 4.90 Å². The predicted octanol–water partition coefficient (Wildman–Crippen LogP) is 4.70. The average Bonchev–Trinajstić information content (AvgIpc) is 2.78. The number of ketones is 1. The summed E-state index contributed by atoms with van der Waals surface area (Å²) in [5.41, 5.74) is 1.95. The van der Waals surface area contributed by atoms with Crippen molar-refractivity contribution < 1.29 is 19.1 Å². The normalized spacial score (nSPS) is 10.2. The Morgan fingerprint density at radius 2 is 1.48 bits per heavy atom. The van der Waals surface area contributed by atoms with E-state index in [4.69, 9.17) is 4.74 Å². The number of anilines is 1. The summed E-state index contributed by atoms with van der Waals surface area (Å²) in [6, 6.07) is 22.4. The standard InChI is InChI=1S/C23H19NO4S/c1-29-21-10-6-5-9-19(21)23(27)28-15-20(25)16-11-13-18(14-12-16)24-22(26)17-7-3-2-4-8-17/h2-14H,15H2,1H3,(H,24,26). The van der Waals surface area contributed by atoms with E-state index in [2.05, 4.69) is 5.32 Å². The van der Waals surface area contributed by atoms with Crippen LogP contribution in [0.25, 0.3) is 0 Å². The molecule has 0 aliphatic heterocycles. The number of amides is 1. The van der Waals surface area contributed by atoms with Crippen molar-refractivity contribution >= 4 is 35.1 Å². The van der Waals surface area contributed by atoms with Crippen LogP contribution in [0, 0.1) is 0 Å². The van der Waals surface area contributed by atoms with Gasteiger partial charge in [0.2, 0.25) is 0 Å². The smallest absolute Gasteiger partial charge is 0.339 e. The molecule has 0 aliphatic carbocycles. The molecule has 0 spiro atoms. The molecule has 0 saturated carbocycles. The number of thioether (sulfide) groups is 1. The number of ether oxygens (including phenoxy) is 1. The lowest BCUT2D eigenvalue weighted by Crippen LogP contribution is -2.15. The van der Waals surface area contributed by atoms with E-state index in [1.54, 1.807) is 60.7 Å². The molecule has 5 nitrogen and oxygen atoms in total. The van der Waals surface area contributed by atoms with Crippen molar-refractivity contribution in [3.8, 4) is 0 Å². The largest absolute Gasteiger partial charge is 0.454 e. The minimum absolute atomic E-state index is 0.230. The van der Waals surface area contributed by atoms with Crippen LogP contribution in [0.15, 0.2) is 83.8 Å². The van der Waals surface area contributed by atoms with Gasteiger partial charge in [0.15, 0.2) is 12.4 Å². The van der Waals surface area contributed by atoms with E-state index in [0.29, 0.717) is 22.4 Å². The third kappa shape index (κ3) is 5.33. The average molecular weight is 405 g/mol. The molecule has 0 fully saturated rings. The summed E-state index contributed by atoms with van der Waals surface area (Å²) in [6.45, 7) is -0.350. The van der Waals surface area contributed by atoms with Gasteiger partial charge in [0, 0.05) is 21.7 Å². The van der Waals surface area contributed by atoms with Gasteiger partial charge < -0.3 is 10.1 Å². The van der Waals surface area contributed by atoms with Gasteiger partial charge in [-0.1, -0.05) is 30.3 Å². The first kappa shape index (κ1) is 20.4. The molecule has 0 aliphatic rings. The quantitative estimate of drug-likeness (QED) is 0.350. The highest BCUT2D eigenvalue weighted by atomic mass is 32.2. The summed E-state index contributed by atoms with van der Waals surface area (Å²) in [7, 11) is 0. The number of carbonyl (C=O) groups excluding carboxylic acids is 3. The van der Waals surface area contributed by atoms with Crippen molar-refractivity contribution in [3.05, 3.63) is 95.6 Å². The second-order valence-corrected chi connectivity index (χ2v) is 6.95. The maximum absolute atomic E-state index is 12.3. The highest BCUT2D eigenvalue weighted by molar-refractivity contribution is 7.98. The Hall–Kier alpha value is -3.38. The van der Waals surface area contributed by atoms with Crippen molar-refractivity contribution in [2.45, 2.75) is 4.90 Å². The maximum Gasteiger partial charge on any atom is 0.339 e. The Bertz CT molecular complexity index is 1020. The van der Waals surface area contributed by atoms with Crippen LogP contribution in [0.2, 0.25) is 0 Å². The molecule has 0 bridgehead atoms. The van der Waals surface area contributed by atoms with Crippen molar-refractivity contribution in [3.63, 3.8) is 0 Å². The molecule has 0 saturated heterocycles. The fourth-order valence-corrected chi connectivity index (χ4v) is 3.22. The van der Waals surface area contributed by atoms with Gasteiger partial charge in [-0.15, -0.1) is 11.8 Å². The molecule has 3 aromatic carbocycles. The highest BCUT2D eigenvalue weighted by Gasteiger charge is 2.15. The van der Waals surface area contributed by atoms with E-state index in [9.17, 15) is 14.4 Å². The molecule has 1 N–H and O–H groups in total. The fourth-order valence-electron chi connectivity index (χ4n) is 2.64. The molecule has 0 atom stereocenters. The minimum Gasteiger partial charge on any atom is -0.454 e. The van der Waals surface area contributed by atoms with Crippen LogP contribution in [0.1, 0.15) is 31.1 Å². The zero-order chi connectivity index (χ0) is 20.6. The van der Waals surface area contributed by atoms with E-state index in [1.807, 2.05) is 24.5 Å². The van der Waals surface area contributed by atoms with Crippen molar-refractivity contribution in [2.24, 2.45) is 0 Å². The van der Waals surface area contributed by atoms with E-state index in [-0.39, 0.29) is 18.3 Å². The molecular weight excluding hydrogens is 386 g/mol. The van der Waals surface area contributed by atoms with Gasteiger partial charge in [0.25, 0.3) is 5.91 Å². The first-order valence-corrected chi connectivity index (χ1v) is 10.1. The van der Waals surface area contributed by atoms with Crippen LogP contribution in [0.4, 0.5) is 5.69 Å². The fraction of sp³-hybridized carbons (Fsp3) is 0.0870. The zero-order valence-electron chi connectivity index (χ0n) is 15.8. The molecule has 0 heterocycles. The summed E-state index contributed by atoms with van der Waals surface area (Å²) in [6.07, 6.45) is 1.87.